The Balaban J connectivity index is 1.60. The van der Waals surface area contributed by atoms with E-state index in [0.29, 0.717) is 24.9 Å². The highest BCUT2D eigenvalue weighted by Gasteiger charge is 2.75. The van der Waals surface area contributed by atoms with Crippen LogP contribution in [0.15, 0.2) is 73.3 Å². The molecule has 1 spiro atoms. The maximum atomic E-state index is 14.5. The number of benzene rings is 2. The molecule has 3 heterocycles. The minimum Gasteiger partial charge on any atom is -0.466 e. The van der Waals surface area contributed by atoms with E-state index in [-0.39, 0.29) is 31.6 Å². The van der Waals surface area contributed by atoms with Crippen molar-refractivity contribution in [3.63, 3.8) is 0 Å². The lowest BCUT2D eigenvalue weighted by Crippen LogP contribution is -2.57. The smallest absolute Gasteiger partial charge is 0.312 e. The maximum absolute atomic E-state index is 14.5. The minimum absolute atomic E-state index is 0.190. The third-order valence-electron chi connectivity index (χ3n) is 8.10. The van der Waals surface area contributed by atoms with Crippen LogP contribution in [-0.4, -0.2) is 70.2 Å². The van der Waals surface area contributed by atoms with Gasteiger partial charge in [0.05, 0.1) is 37.2 Å². The summed E-state index contributed by atoms with van der Waals surface area (Å²) in [6.45, 7) is 5.98. The molecule has 2 amide bonds. The van der Waals surface area contributed by atoms with Gasteiger partial charge in [0.25, 0.3) is 0 Å². The van der Waals surface area contributed by atoms with Crippen molar-refractivity contribution in [2.24, 2.45) is 11.8 Å². The molecule has 3 fully saturated rings. The number of amides is 2. The number of ether oxygens (including phenoxy) is 2. The molecule has 3 aliphatic heterocycles. The average molecular weight is 519 g/mol. The fourth-order valence-corrected chi connectivity index (χ4v) is 6.61. The summed E-state index contributed by atoms with van der Waals surface area (Å²) in [5.41, 5.74) is 0.475. The lowest BCUT2D eigenvalue weighted by molar-refractivity contribution is -0.156. The largest absolute Gasteiger partial charge is 0.466 e. The number of likely N-dealkylation sites (tertiary alicyclic amines) is 1. The maximum Gasteiger partial charge on any atom is 0.312 e. The topological polar surface area (TPSA) is 96.4 Å². The molecule has 6 atom stereocenters. The van der Waals surface area contributed by atoms with E-state index in [2.05, 4.69) is 6.58 Å². The van der Waals surface area contributed by atoms with Crippen LogP contribution in [0.25, 0.3) is 0 Å². The highest BCUT2D eigenvalue weighted by Crippen LogP contribution is 2.60. The molecule has 3 aliphatic rings. The molecule has 0 radical (unpaired) electrons. The quantitative estimate of drug-likeness (QED) is 0.384. The van der Waals surface area contributed by atoms with E-state index in [0.717, 1.165) is 5.56 Å². The Morgan fingerprint density at radius 1 is 1.21 bits per heavy atom. The Bertz CT molecular complexity index is 1190. The van der Waals surface area contributed by atoms with Crippen molar-refractivity contribution >= 4 is 17.8 Å². The molecular formula is C30H34N2O6. The molecule has 0 aromatic heterocycles. The fraction of sp³-hybridized carbons (Fsp3) is 0.433. The summed E-state index contributed by atoms with van der Waals surface area (Å²) in [7, 11) is 0. The van der Waals surface area contributed by atoms with Gasteiger partial charge in [-0.1, -0.05) is 66.7 Å². The average Bonchev–Trinajstić information content (AvgIpc) is 3.58. The molecule has 200 valence electrons. The molecule has 0 saturated carbocycles. The van der Waals surface area contributed by atoms with Crippen LogP contribution in [0.4, 0.5) is 0 Å². The van der Waals surface area contributed by atoms with Crippen LogP contribution in [0.2, 0.25) is 0 Å². The van der Waals surface area contributed by atoms with Gasteiger partial charge in [0, 0.05) is 13.1 Å². The number of esters is 1. The van der Waals surface area contributed by atoms with Crippen LogP contribution in [0, 0.1) is 11.8 Å². The van der Waals surface area contributed by atoms with Crippen LogP contribution in [0.5, 0.6) is 0 Å². The minimum atomic E-state index is -1.17. The third-order valence-corrected chi connectivity index (χ3v) is 8.10. The van der Waals surface area contributed by atoms with Gasteiger partial charge in [-0.3, -0.25) is 14.4 Å². The summed E-state index contributed by atoms with van der Waals surface area (Å²) in [6.07, 6.45) is 2.20. The Morgan fingerprint density at radius 2 is 1.89 bits per heavy atom. The molecule has 8 heteroatoms. The van der Waals surface area contributed by atoms with E-state index in [1.54, 1.807) is 17.9 Å². The monoisotopic (exact) mass is 518 g/mol. The lowest BCUT2D eigenvalue weighted by atomic mass is 9.70. The zero-order valence-electron chi connectivity index (χ0n) is 21.6. The fourth-order valence-electron chi connectivity index (χ4n) is 6.61. The Labute approximate surface area is 222 Å². The van der Waals surface area contributed by atoms with E-state index >= 15 is 0 Å². The predicted molar refractivity (Wildman–Crippen MR) is 139 cm³/mol. The van der Waals surface area contributed by atoms with Gasteiger partial charge in [-0.25, -0.2) is 0 Å². The Kier molecular flexibility index (Phi) is 7.36. The number of nitrogens with zero attached hydrogens (tertiary/aromatic N) is 2. The van der Waals surface area contributed by atoms with E-state index in [4.69, 9.17) is 9.47 Å². The van der Waals surface area contributed by atoms with Crippen molar-refractivity contribution in [2.75, 3.05) is 19.8 Å². The summed E-state index contributed by atoms with van der Waals surface area (Å²) < 4.78 is 11.8. The van der Waals surface area contributed by atoms with E-state index in [9.17, 15) is 19.5 Å². The van der Waals surface area contributed by atoms with Gasteiger partial charge in [-0.05, 0) is 30.9 Å². The molecule has 1 N–H and O–H groups in total. The van der Waals surface area contributed by atoms with Gasteiger partial charge in [0.15, 0.2) is 0 Å². The molecule has 5 rings (SSSR count). The summed E-state index contributed by atoms with van der Waals surface area (Å²) in [5, 5.41) is 10.6. The SMILES string of the molecule is C=CCN(Cc1ccccc1)C(=O)C1N([C@H](CO)c2ccccc2)C(=O)[C@@H]2[C@@H](C(=O)OCC)[C@H]3CCC12O3. The molecule has 2 unspecified atom stereocenters. The summed E-state index contributed by atoms with van der Waals surface area (Å²) in [5.74, 6) is -2.75. The van der Waals surface area contributed by atoms with Crippen molar-refractivity contribution in [1.29, 1.82) is 0 Å². The first-order chi connectivity index (χ1) is 18.5. The number of carbonyl (C=O) groups is 3. The number of hydrogen-bond donors (Lipinski definition) is 1. The number of rotatable bonds is 10. The normalized spacial score (nSPS) is 28.2. The van der Waals surface area contributed by atoms with Gasteiger partial charge in [0.2, 0.25) is 11.8 Å². The number of hydrogen-bond acceptors (Lipinski definition) is 6. The molecule has 38 heavy (non-hydrogen) atoms. The number of aliphatic hydroxyl groups is 1. The Morgan fingerprint density at radius 3 is 2.53 bits per heavy atom. The number of carbonyl (C=O) groups excluding carboxylic acids is 3. The number of fused-ring (bicyclic) bond motifs is 1. The molecular weight excluding hydrogens is 484 g/mol. The van der Waals surface area contributed by atoms with Crippen LogP contribution in [0.1, 0.15) is 36.9 Å². The van der Waals surface area contributed by atoms with E-state index in [1.807, 2.05) is 60.7 Å². The van der Waals surface area contributed by atoms with Gasteiger partial charge in [-0.2, -0.15) is 0 Å². The van der Waals surface area contributed by atoms with E-state index in [1.165, 1.54) is 4.90 Å². The molecule has 2 bridgehead atoms. The first-order valence-electron chi connectivity index (χ1n) is 13.2. The highest BCUT2D eigenvalue weighted by atomic mass is 16.6. The van der Waals surface area contributed by atoms with Crippen molar-refractivity contribution in [3.8, 4) is 0 Å². The van der Waals surface area contributed by atoms with Crippen molar-refractivity contribution in [1.82, 2.24) is 9.80 Å². The standard InChI is InChI=1S/C30H34N2O6/c1-3-17-31(18-20-11-7-5-8-12-20)28(35)26-30-16-15-23(38-30)24(29(36)37-4-2)25(30)27(34)32(26)22(19-33)21-13-9-6-10-14-21/h3,5-14,22-26,33H,1,4,15-19H2,2H3/t22-,23-,24+,25+,26?,30?/m1/s1. The summed E-state index contributed by atoms with van der Waals surface area (Å²) in [6, 6.07) is 17.0. The first-order valence-corrected chi connectivity index (χ1v) is 13.2. The molecule has 0 aliphatic carbocycles. The lowest BCUT2D eigenvalue weighted by Gasteiger charge is -2.39. The highest BCUT2D eigenvalue weighted by molar-refractivity contribution is 5.98. The molecule has 2 aromatic rings. The predicted octanol–water partition coefficient (Wildman–Crippen LogP) is 2.87. The molecule has 3 saturated heterocycles. The van der Waals surface area contributed by atoms with Gasteiger partial charge in [-0.15, -0.1) is 6.58 Å². The first kappa shape index (κ1) is 26.1. The second-order valence-corrected chi connectivity index (χ2v) is 10.2. The van der Waals surface area contributed by atoms with E-state index < -0.39 is 41.6 Å². The Hall–Kier alpha value is -3.49. The van der Waals surface area contributed by atoms with Crippen LogP contribution >= 0.6 is 0 Å². The summed E-state index contributed by atoms with van der Waals surface area (Å²) >= 11 is 0. The molecule has 2 aromatic carbocycles. The second kappa shape index (κ2) is 10.7. The van der Waals surface area contributed by atoms with Crippen molar-refractivity contribution in [3.05, 3.63) is 84.4 Å². The van der Waals surface area contributed by atoms with Crippen LogP contribution in [-0.2, 0) is 30.4 Å². The zero-order valence-corrected chi connectivity index (χ0v) is 21.6. The molecule has 8 nitrogen and oxygen atoms in total. The van der Waals surface area contributed by atoms with Gasteiger partial charge < -0.3 is 24.4 Å². The van der Waals surface area contributed by atoms with Crippen molar-refractivity contribution < 1.29 is 29.0 Å². The van der Waals surface area contributed by atoms with Crippen molar-refractivity contribution in [2.45, 2.75) is 50.1 Å². The van der Waals surface area contributed by atoms with Crippen LogP contribution in [0.3, 0.4) is 0 Å². The van der Waals surface area contributed by atoms with Gasteiger partial charge >= 0.3 is 5.97 Å². The third kappa shape index (κ3) is 4.22. The van der Waals surface area contributed by atoms with Gasteiger partial charge in [0.1, 0.15) is 11.6 Å². The zero-order chi connectivity index (χ0) is 26.9. The second-order valence-electron chi connectivity index (χ2n) is 10.2. The summed E-state index contributed by atoms with van der Waals surface area (Å²) in [4.78, 5) is 44.9. The number of aliphatic hydroxyl groups excluding tert-OH is 1. The van der Waals surface area contributed by atoms with Crippen LogP contribution < -0.4 is 0 Å².